The van der Waals surface area contributed by atoms with Crippen LogP contribution in [0.3, 0.4) is 0 Å². The lowest BCUT2D eigenvalue weighted by Crippen LogP contribution is -2.54. The summed E-state index contributed by atoms with van der Waals surface area (Å²) in [6, 6.07) is 6.99. The normalized spacial score (nSPS) is 22.9. The summed E-state index contributed by atoms with van der Waals surface area (Å²) >= 11 is 0. The third-order valence-corrected chi connectivity index (χ3v) is 4.39. The first-order valence-electron chi connectivity index (χ1n) is 8.35. The highest BCUT2D eigenvalue weighted by molar-refractivity contribution is 6.08. The van der Waals surface area contributed by atoms with E-state index in [1.54, 1.807) is 45.0 Å². The molecule has 0 radical (unpaired) electrons. The van der Waals surface area contributed by atoms with E-state index >= 15 is 0 Å². The summed E-state index contributed by atoms with van der Waals surface area (Å²) in [7, 11) is 0. The smallest absolute Gasteiger partial charge is 0.408 e. The molecule has 0 bridgehead atoms. The molecule has 5 nitrogen and oxygen atoms in total. The van der Waals surface area contributed by atoms with Crippen LogP contribution in [0.5, 0.6) is 0 Å². The maximum absolute atomic E-state index is 13.2. The minimum Gasteiger partial charge on any atom is -0.444 e. The first-order chi connectivity index (χ1) is 10.9. The lowest BCUT2D eigenvalue weighted by Gasteiger charge is -2.32. The molecule has 0 saturated heterocycles. The number of nitrogen functional groups attached to an aromatic ring is 1. The molecule has 132 valence electrons. The van der Waals surface area contributed by atoms with E-state index in [1.807, 2.05) is 0 Å². The Morgan fingerprint density at radius 2 is 1.79 bits per heavy atom. The van der Waals surface area contributed by atoms with Gasteiger partial charge < -0.3 is 15.8 Å². The highest BCUT2D eigenvalue weighted by Gasteiger charge is 2.50. The van der Waals surface area contributed by atoms with E-state index in [0.29, 0.717) is 24.1 Å². The Balaban J connectivity index is 2.33. The first-order valence-corrected chi connectivity index (χ1v) is 8.35. The second-order valence-corrected chi connectivity index (χ2v) is 8.47. The Morgan fingerprint density at radius 3 is 2.29 bits per heavy atom. The Morgan fingerprint density at radius 1 is 1.17 bits per heavy atom. The molecule has 5 heteroatoms. The van der Waals surface area contributed by atoms with Crippen molar-refractivity contribution in [3.63, 3.8) is 0 Å². The lowest BCUT2D eigenvalue weighted by molar-refractivity contribution is 0.0429. The van der Waals surface area contributed by atoms with Crippen molar-refractivity contribution < 1.29 is 14.3 Å². The monoisotopic (exact) mass is 332 g/mol. The standard InChI is InChI=1S/C19H28N2O3/c1-17(2,3)24-16(23)21-19(11-10-18(4,5)12-19)15(22)13-8-6-7-9-14(13)20/h6-9H,10-12,20H2,1-5H3,(H,21,23). The Bertz CT molecular complexity index is 646. The zero-order chi connectivity index (χ0) is 18.2. The predicted octanol–water partition coefficient (Wildman–Crippen LogP) is 3.93. The molecular formula is C19H28N2O3. The second kappa shape index (κ2) is 6.11. The molecule has 1 fully saturated rings. The van der Waals surface area contributed by atoms with Crippen molar-refractivity contribution in [3.05, 3.63) is 29.8 Å². The summed E-state index contributed by atoms with van der Waals surface area (Å²) < 4.78 is 5.38. The van der Waals surface area contributed by atoms with E-state index in [0.717, 1.165) is 6.42 Å². The molecule has 0 spiro atoms. The second-order valence-electron chi connectivity index (χ2n) is 8.47. The number of anilines is 1. The number of carbonyl (C=O) groups excluding carboxylic acids is 2. The molecule has 1 atom stereocenters. The molecule has 1 aromatic rings. The van der Waals surface area contributed by atoms with Crippen molar-refractivity contribution in [2.45, 2.75) is 65.0 Å². The van der Waals surface area contributed by atoms with Gasteiger partial charge in [0.25, 0.3) is 0 Å². The lowest BCUT2D eigenvalue weighted by atomic mass is 9.82. The zero-order valence-corrected chi connectivity index (χ0v) is 15.2. The number of amides is 1. The maximum Gasteiger partial charge on any atom is 0.408 e. The van der Waals surface area contributed by atoms with Crippen LogP contribution in [0, 0.1) is 5.41 Å². The van der Waals surface area contributed by atoms with Crippen LogP contribution in [-0.2, 0) is 4.74 Å². The van der Waals surface area contributed by atoms with Gasteiger partial charge in [0.2, 0.25) is 0 Å². The summed E-state index contributed by atoms with van der Waals surface area (Å²) in [6.45, 7) is 9.61. The number of nitrogens with two attached hydrogens (primary N) is 1. The van der Waals surface area contributed by atoms with Crippen LogP contribution in [0.25, 0.3) is 0 Å². The largest absolute Gasteiger partial charge is 0.444 e. The number of alkyl carbamates (subject to hydrolysis) is 1. The topological polar surface area (TPSA) is 81.4 Å². The van der Waals surface area contributed by atoms with Gasteiger partial charge in [-0.15, -0.1) is 0 Å². The maximum atomic E-state index is 13.2. The Labute approximate surface area is 143 Å². The van der Waals surface area contributed by atoms with Gasteiger partial charge in [0.05, 0.1) is 0 Å². The average molecular weight is 332 g/mol. The summed E-state index contributed by atoms with van der Waals surface area (Å²) in [5.41, 5.74) is 5.24. The van der Waals surface area contributed by atoms with Crippen LogP contribution in [0.1, 0.15) is 64.2 Å². The van der Waals surface area contributed by atoms with Crippen LogP contribution in [0.2, 0.25) is 0 Å². The van der Waals surface area contributed by atoms with E-state index in [4.69, 9.17) is 10.5 Å². The van der Waals surface area contributed by atoms with E-state index in [2.05, 4.69) is 19.2 Å². The quantitative estimate of drug-likeness (QED) is 0.649. The van der Waals surface area contributed by atoms with Crippen LogP contribution in [-0.4, -0.2) is 23.0 Å². The molecule has 1 amide bonds. The van der Waals surface area contributed by atoms with Gasteiger partial charge in [-0.25, -0.2) is 4.79 Å². The van der Waals surface area contributed by atoms with Crippen LogP contribution >= 0.6 is 0 Å². The van der Waals surface area contributed by atoms with E-state index in [1.165, 1.54) is 0 Å². The fraction of sp³-hybridized carbons (Fsp3) is 0.579. The van der Waals surface area contributed by atoms with Crippen molar-refractivity contribution in [1.29, 1.82) is 0 Å². The number of carbonyl (C=O) groups is 2. The van der Waals surface area contributed by atoms with E-state index < -0.39 is 17.2 Å². The number of ether oxygens (including phenoxy) is 1. The molecule has 1 aliphatic carbocycles. The zero-order valence-electron chi connectivity index (χ0n) is 15.2. The minimum atomic E-state index is -0.971. The molecule has 0 heterocycles. The third-order valence-electron chi connectivity index (χ3n) is 4.39. The molecule has 24 heavy (non-hydrogen) atoms. The summed E-state index contributed by atoms with van der Waals surface area (Å²) in [6.07, 6.45) is 1.42. The highest BCUT2D eigenvalue weighted by atomic mass is 16.6. The first kappa shape index (κ1) is 18.3. The molecule has 0 aromatic heterocycles. The Kier molecular flexibility index (Phi) is 4.66. The minimum absolute atomic E-state index is 0.0335. The average Bonchev–Trinajstić information content (AvgIpc) is 2.72. The van der Waals surface area contributed by atoms with Crippen molar-refractivity contribution in [1.82, 2.24) is 5.32 Å². The van der Waals surface area contributed by atoms with E-state index in [9.17, 15) is 9.59 Å². The number of ketones is 1. The van der Waals surface area contributed by atoms with Crippen LogP contribution in [0.4, 0.5) is 10.5 Å². The number of nitrogens with one attached hydrogen (secondary N) is 1. The van der Waals surface area contributed by atoms with Gasteiger partial charge in [-0.2, -0.15) is 0 Å². The molecule has 0 aliphatic heterocycles. The fourth-order valence-electron chi connectivity index (χ4n) is 3.36. The fourth-order valence-corrected chi connectivity index (χ4v) is 3.36. The number of benzene rings is 1. The van der Waals surface area contributed by atoms with Gasteiger partial charge in [0.15, 0.2) is 5.78 Å². The molecule has 1 unspecified atom stereocenters. The molecule has 3 N–H and O–H groups in total. The SMILES string of the molecule is CC1(C)CCC(NC(=O)OC(C)(C)C)(C(=O)c2ccccc2N)C1. The number of rotatable bonds is 3. The molecular weight excluding hydrogens is 304 g/mol. The number of Topliss-reactive ketones (excluding diaryl/α,β-unsaturated/α-hetero) is 1. The summed E-state index contributed by atoms with van der Waals surface area (Å²) in [5.74, 6) is -0.142. The van der Waals surface area contributed by atoms with Gasteiger partial charge in [-0.05, 0) is 57.6 Å². The molecule has 1 aliphatic rings. The van der Waals surface area contributed by atoms with Gasteiger partial charge in [-0.1, -0.05) is 26.0 Å². The van der Waals surface area contributed by atoms with E-state index in [-0.39, 0.29) is 11.2 Å². The van der Waals surface area contributed by atoms with Crippen molar-refractivity contribution >= 4 is 17.6 Å². The van der Waals surface area contributed by atoms with Gasteiger partial charge >= 0.3 is 6.09 Å². The van der Waals surface area contributed by atoms with Crippen LogP contribution < -0.4 is 11.1 Å². The number of hydrogen-bond acceptors (Lipinski definition) is 4. The van der Waals surface area contributed by atoms with Gasteiger partial charge in [-0.3, -0.25) is 4.79 Å². The van der Waals surface area contributed by atoms with Crippen LogP contribution in [0.15, 0.2) is 24.3 Å². The summed E-state index contributed by atoms with van der Waals surface area (Å²) in [5, 5.41) is 2.86. The third kappa shape index (κ3) is 4.08. The molecule has 2 rings (SSSR count). The van der Waals surface area contributed by atoms with Gasteiger partial charge in [0, 0.05) is 11.3 Å². The number of para-hydroxylation sites is 1. The Hall–Kier alpha value is -2.04. The summed E-state index contributed by atoms with van der Waals surface area (Å²) in [4.78, 5) is 25.6. The predicted molar refractivity (Wildman–Crippen MR) is 94.9 cm³/mol. The highest BCUT2D eigenvalue weighted by Crippen LogP contribution is 2.45. The van der Waals surface area contributed by atoms with Crippen molar-refractivity contribution in [2.24, 2.45) is 5.41 Å². The number of hydrogen-bond donors (Lipinski definition) is 2. The van der Waals surface area contributed by atoms with Crippen molar-refractivity contribution in [3.8, 4) is 0 Å². The molecule has 1 saturated carbocycles. The molecule has 1 aromatic carbocycles. The van der Waals surface area contributed by atoms with Gasteiger partial charge in [0.1, 0.15) is 11.1 Å². The van der Waals surface area contributed by atoms with Crippen molar-refractivity contribution in [2.75, 3.05) is 5.73 Å².